The monoisotopic (exact) mass is 178 g/mol. The van der Waals surface area contributed by atoms with Gasteiger partial charge in [0.1, 0.15) is 0 Å². The molecule has 0 atom stereocenters. The van der Waals surface area contributed by atoms with E-state index in [9.17, 15) is 4.57 Å². The number of rotatable bonds is 5. The van der Waals surface area contributed by atoms with E-state index in [1.54, 1.807) is 0 Å². The molecule has 66 valence electrons. The Kier molecular flexibility index (Phi) is 5.47. The van der Waals surface area contributed by atoms with Gasteiger partial charge < -0.3 is 9.05 Å². The number of hydrogen-bond donors (Lipinski definition) is 0. The Hall–Kier alpha value is -0.110. The predicted octanol–water partition coefficient (Wildman–Crippen LogP) is 2.79. The molecule has 0 aromatic heterocycles. The van der Waals surface area contributed by atoms with Gasteiger partial charge in [-0.3, -0.25) is 4.57 Å². The van der Waals surface area contributed by atoms with Gasteiger partial charge >= 0.3 is 7.60 Å². The highest BCUT2D eigenvalue weighted by Crippen LogP contribution is 2.47. The van der Waals surface area contributed by atoms with Crippen LogP contribution in [0.1, 0.15) is 19.8 Å². The molecule has 0 aliphatic carbocycles. The molecule has 0 fully saturated rings. The number of allylic oxidation sites excluding steroid dienone is 1. The van der Waals surface area contributed by atoms with Crippen molar-refractivity contribution in [2.75, 3.05) is 14.2 Å². The van der Waals surface area contributed by atoms with Crippen molar-refractivity contribution in [3.63, 3.8) is 0 Å². The molecule has 4 heteroatoms. The van der Waals surface area contributed by atoms with Crippen molar-refractivity contribution in [3.8, 4) is 0 Å². The Morgan fingerprint density at radius 2 is 1.91 bits per heavy atom. The van der Waals surface area contributed by atoms with E-state index in [4.69, 9.17) is 0 Å². The van der Waals surface area contributed by atoms with Crippen LogP contribution in [0.25, 0.3) is 0 Å². The Balaban J connectivity index is 3.97. The van der Waals surface area contributed by atoms with Crippen LogP contribution in [-0.2, 0) is 13.6 Å². The molecule has 11 heavy (non-hydrogen) atoms. The van der Waals surface area contributed by atoms with Crippen molar-refractivity contribution in [1.29, 1.82) is 0 Å². The minimum absolute atomic E-state index is 0.900. The highest BCUT2D eigenvalue weighted by Gasteiger charge is 2.14. The zero-order valence-electron chi connectivity index (χ0n) is 7.24. The molecule has 0 saturated heterocycles. The van der Waals surface area contributed by atoms with Crippen molar-refractivity contribution in [2.45, 2.75) is 19.8 Å². The zero-order valence-corrected chi connectivity index (χ0v) is 8.14. The summed E-state index contributed by atoms with van der Waals surface area (Å²) in [5, 5.41) is 0. The van der Waals surface area contributed by atoms with Crippen LogP contribution < -0.4 is 0 Å². The minimum Gasteiger partial charge on any atom is -0.309 e. The third kappa shape index (κ3) is 4.35. The van der Waals surface area contributed by atoms with Crippen LogP contribution in [0.3, 0.4) is 0 Å². The molecule has 0 rings (SSSR count). The molecular formula is C7H15O3P. The summed E-state index contributed by atoms with van der Waals surface area (Å²) in [7, 11) is -0.140. The second kappa shape index (κ2) is 5.53. The van der Waals surface area contributed by atoms with Crippen molar-refractivity contribution in [1.82, 2.24) is 0 Å². The third-order valence-electron chi connectivity index (χ3n) is 1.25. The molecule has 0 spiro atoms. The largest absolute Gasteiger partial charge is 0.353 e. The second-order valence-corrected chi connectivity index (χ2v) is 4.19. The van der Waals surface area contributed by atoms with Gasteiger partial charge in [-0.05, 0) is 6.42 Å². The van der Waals surface area contributed by atoms with Gasteiger partial charge in [0.25, 0.3) is 0 Å². The van der Waals surface area contributed by atoms with Gasteiger partial charge in [-0.15, -0.1) is 0 Å². The molecule has 0 aromatic carbocycles. The van der Waals surface area contributed by atoms with Crippen LogP contribution in [0.5, 0.6) is 0 Å². The van der Waals surface area contributed by atoms with Crippen molar-refractivity contribution >= 4 is 7.60 Å². The molecule has 0 bridgehead atoms. The minimum atomic E-state index is -2.89. The number of unbranched alkanes of at least 4 members (excludes halogenated alkanes) is 1. The molecule has 0 unspecified atom stereocenters. The molecule has 0 saturated carbocycles. The summed E-state index contributed by atoms with van der Waals surface area (Å²) in [5.74, 6) is 1.50. The predicted molar refractivity (Wildman–Crippen MR) is 45.7 cm³/mol. The highest BCUT2D eigenvalue weighted by atomic mass is 31.2. The number of hydrogen-bond acceptors (Lipinski definition) is 3. The molecular weight excluding hydrogens is 163 g/mol. The summed E-state index contributed by atoms with van der Waals surface area (Å²) in [6, 6.07) is 0. The standard InChI is InChI=1S/C7H15O3P/c1-4-5-6-7-11(8,9-2)10-3/h6-7H,4-5H2,1-3H3/b7-6+. The average Bonchev–Trinajstić information content (AvgIpc) is 2.05. The first kappa shape index (κ1) is 10.9. The topological polar surface area (TPSA) is 35.5 Å². The summed E-state index contributed by atoms with van der Waals surface area (Å²) in [6.45, 7) is 2.05. The SMILES string of the molecule is CCC/C=C/P(=O)(OC)OC. The van der Waals surface area contributed by atoms with E-state index in [1.165, 1.54) is 20.0 Å². The Morgan fingerprint density at radius 1 is 1.36 bits per heavy atom. The lowest BCUT2D eigenvalue weighted by Gasteiger charge is -2.07. The van der Waals surface area contributed by atoms with Gasteiger partial charge in [0, 0.05) is 20.0 Å². The van der Waals surface area contributed by atoms with E-state index in [0.29, 0.717) is 0 Å². The van der Waals surface area contributed by atoms with E-state index in [-0.39, 0.29) is 0 Å². The van der Waals surface area contributed by atoms with Gasteiger partial charge in [0.05, 0.1) is 0 Å². The van der Waals surface area contributed by atoms with Crippen molar-refractivity contribution < 1.29 is 13.6 Å². The molecule has 0 N–H and O–H groups in total. The lowest BCUT2D eigenvalue weighted by molar-refractivity contribution is 0.286. The fourth-order valence-corrected chi connectivity index (χ4v) is 1.37. The Labute approximate surface area is 67.9 Å². The lowest BCUT2D eigenvalue weighted by atomic mass is 10.3. The second-order valence-electron chi connectivity index (χ2n) is 2.08. The van der Waals surface area contributed by atoms with Gasteiger partial charge in [-0.2, -0.15) is 0 Å². The third-order valence-corrected chi connectivity index (χ3v) is 2.85. The summed E-state index contributed by atoms with van der Waals surface area (Å²) < 4.78 is 20.7. The molecule has 0 heterocycles. The summed E-state index contributed by atoms with van der Waals surface area (Å²) in [4.78, 5) is 0. The van der Waals surface area contributed by atoms with Gasteiger partial charge in [-0.25, -0.2) is 0 Å². The fourth-order valence-electron chi connectivity index (χ4n) is 0.567. The first-order chi connectivity index (χ1) is 5.18. The van der Waals surface area contributed by atoms with Gasteiger partial charge in [0.2, 0.25) is 0 Å². The molecule has 0 aliphatic heterocycles. The van der Waals surface area contributed by atoms with Crippen LogP contribution >= 0.6 is 7.60 Å². The molecule has 3 nitrogen and oxygen atoms in total. The normalized spacial score (nSPS) is 12.6. The quantitative estimate of drug-likeness (QED) is 0.607. The molecule has 0 aromatic rings. The zero-order chi connectivity index (χ0) is 8.74. The van der Waals surface area contributed by atoms with E-state index in [0.717, 1.165) is 12.8 Å². The molecule has 0 aliphatic rings. The maximum atomic E-state index is 11.3. The van der Waals surface area contributed by atoms with E-state index in [2.05, 4.69) is 16.0 Å². The van der Waals surface area contributed by atoms with Gasteiger partial charge in [-0.1, -0.05) is 19.4 Å². The summed E-state index contributed by atoms with van der Waals surface area (Å²) in [6.07, 6.45) is 3.74. The average molecular weight is 178 g/mol. The van der Waals surface area contributed by atoms with E-state index >= 15 is 0 Å². The maximum Gasteiger partial charge on any atom is 0.353 e. The van der Waals surface area contributed by atoms with E-state index < -0.39 is 7.60 Å². The molecule has 0 radical (unpaired) electrons. The van der Waals surface area contributed by atoms with Crippen LogP contribution in [0, 0.1) is 0 Å². The smallest absolute Gasteiger partial charge is 0.309 e. The van der Waals surface area contributed by atoms with Crippen molar-refractivity contribution in [3.05, 3.63) is 11.9 Å². The Bertz CT molecular complexity index is 157. The van der Waals surface area contributed by atoms with Gasteiger partial charge in [0.15, 0.2) is 0 Å². The van der Waals surface area contributed by atoms with E-state index in [1.807, 2.05) is 6.08 Å². The first-order valence-electron chi connectivity index (χ1n) is 3.57. The van der Waals surface area contributed by atoms with Crippen LogP contribution in [0.4, 0.5) is 0 Å². The highest BCUT2D eigenvalue weighted by molar-refractivity contribution is 7.57. The van der Waals surface area contributed by atoms with Crippen LogP contribution in [0.2, 0.25) is 0 Å². The van der Waals surface area contributed by atoms with Crippen molar-refractivity contribution in [2.24, 2.45) is 0 Å². The summed E-state index contributed by atoms with van der Waals surface area (Å²) >= 11 is 0. The maximum absolute atomic E-state index is 11.3. The fraction of sp³-hybridized carbons (Fsp3) is 0.714. The summed E-state index contributed by atoms with van der Waals surface area (Å²) in [5.41, 5.74) is 0. The van der Waals surface area contributed by atoms with Crippen LogP contribution in [-0.4, -0.2) is 14.2 Å². The molecule has 0 amide bonds. The van der Waals surface area contributed by atoms with Crippen LogP contribution in [0.15, 0.2) is 11.9 Å². The first-order valence-corrected chi connectivity index (χ1v) is 5.18. The lowest BCUT2D eigenvalue weighted by Crippen LogP contribution is -1.82. The Morgan fingerprint density at radius 3 is 2.27 bits per heavy atom.